The molecule has 0 aromatic rings. The van der Waals surface area contributed by atoms with Crippen LogP contribution in [-0.4, -0.2) is 18.3 Å². The first kappa shape index (κ1) is 9.27. The zero-order valence-electron chi connectivity index (χ0n) is 5.11. The van der Waals surface area contributed by atoms with E-state index in [4.69, 9.17) is 5.11 Å². The van der Waals surface area contributed by atoms with Crippen molar-refractivity contribution in [3.05, 3.63) is 0 Å². The second-order valence-electron chi connectivity index (χ2n) is 1.81. The minimum atomic E-state index is -2.75. The predicted octanol–water partition coefficient (Wildman–Crippen LogP) is -1.42. The lowest BCUT2D eigenvalue weighted by atomic mass is 10.2. The highest BCUT2D eigenvalue weighted by Crippen LogP contribution is 2.13. The first-order valence-electron chi connectivity index (χ1n) is 2.55. The summed E-state index contributed by atoms with van der Waals surface area (Å²) in [5.41, 5.74) is 0. The zero-order valence-corrected chi connectivity index (χ0v) is 6.01. The fourth-order valence-electron chi connectivity index (χ4n) is 0.241. The summed E-state index contributed by atoms with van der Waals surface area (Å²) in [5.74, 6) is -0.113. The molecule has 1 N–H and O–H groups in total. The van der Waals surface area contributed by atoms with Crippen molar-refractivity contribution in [2.45, 2.75) is 6.92 Å². The van der Waals surface area contributed by atoms with E-state index in [-0.39, 0.29) is 19.1 Å². The molecule has 0 rings (SSSR count). The maximum absolute atomic E-state index is 9.75. The molecule has 0 aromatic heterocycles. The van der Waals surface area contributed by atoms with Crippen LogP contribution in [0.15, 0.2) is 0 Å². The maximum atomic E-state index is 9.75. The van der Waals surface area contributed by atoms with Crippen LogP contribution in [0.25, 0.3) is 0 Å². The summed E-state index contributed by atoms with van der Waals surface area (Å²) < 4.78 is 4.19. The van der Waals surface area contributed by atoms with Crippen molar-refractivity contribution in [3.8, 4) is 0 Å². The molecule has 5 heteroatoms. The highest BCUT2D eigenvalue weighted by molar-refractivity contribution is 7.36. The molecule has 0 radical (unpaired) electrons. The summed E-state index contributed by atoms with van der Waals surface area (Å²) in [6.07, 6.45) is 0. The van der Waals surface area contributed by atoms with Crippen LogP contribution in [0.5, 0.6) is 0 Å². The number of aliphatic hydroxyl groups is 1. The van der Waals surface area contributed by atoms with E-state index in [0.29, 0.717) is 0 Å². The fraction of sp³-hybridized carbons (Fsp3) is 1.00. The van der Waals surface area contributed by atoms with Crippen LogP contribution in [0.4, 0.5) is 0 Å². The molecule has 0 aliphatic rings. The number of hydrogen-bond acceptors (Lipinski definition) is 4. The Morgan fingerprint density at radius 3 is 2.56 bits per heavy atom. The Morgan fingerprint density at radius 2 is 2.22 bits per heavy atom. The molecule has 1 unspecified atom stereocenters. The third kappa shape index (κ3) is 6.15. The van der Waals surface area contributed by atoms with E-state index in [1.807, 2.05) is 0 Å². The molecular weight excluding hydrogens is 143 g/mol. The average Bonchev–Trinajstić information content (AvgIpc) is 1.83. The largest absolute Gasteiger partial charge is 0.820 e. The van der Waals surface area contributed by atoms with Crippen LogP contribution in [0, 0.1) is 5.92 Å². The maximum Gasteiger partial charge on any atom is 0.0523 e. The smallest absolute Gasteiger partial charge is 0.0523 e. The van der Waals surface area contributed by atoms with Crippen LogP contribution >= 0.6 is 8.60 Å². The Morgan fingerprint density at radius 1 is 1.67 bits per heavy atom. The first-order valence-corrected chi connectivity index (χ1v) is 3.64. The molecule has 1 atom stereocenters. The average molecular weight is 152 g/mol. The Labute approximate surface area is 55.1 Å². The highest BCUT2D eigenvalue weighted by atomic mass is 31.2. The van der Waals surface area contributed by atoms with E-state index in [9.17, 15) is 9.79 Å². The molecule has 0 bridgehead atoms. The first-order chi connectivity index (χ1) is 4.16. The minimum Gasteiger partial charge on any atom is -0.820 e. The molecule has 0 saturated heterocycles. The Balaban J connectivity index is 3.06. The monoisotopic (exact) mass is 152 g/mol. The van der Waals surface area contributed by atoms with Crippen molar-refractivity contribution < 1.29 is 19.4 Å². The fourth-order valence-corrected chi connectivity index (χ4v) is 0.617. The highest BCUT2D eigenvalue weighted by Gasteiger charge is 1.96. The van der Waals surface area contributed by atoms with E-state index >= 15 is 0 Å². The molecule has 9 heavy (non-hydrogen) atoms. The Bertz CT molecular complexity index is 67.6. The molecule has 56 valence electrons. The van der Waals surface area contributed by atoms with Crippen LogP contribution in [0.3, 0.4) is 0 Å². The van der Waals surface area contributed by atoms with Gasteiger partial charge in [0, 0.05) is 12.5 Å². The van der Waals surface area contributed by atoms with Gasteiger partial charge in [-0.25, -0.2) is 0 Å². The lowest BCUT2D eigenvalue weighted by Crippen LogP contribution is -2.15. The van der Waals surface area contributed by atoms with Gasteiger partial charge in [0.15, 0.2) is 0 Å². The summed E-state index contributed by atoms with van der Waals surface area (Å²) >= 11 is 0. The van der Waals surface area contributed by atoms with Crippen LogP contribution in [0.2, 0.25) is 0 Å². The van der Waals surface area contributed by atoms with E-state index in [2.05, 4.69) is 4.52 Å². The van der Waals surface area contributed by atoms with E-state index in [1.54, 1.807) is 6.92 Å². The second kappa shape index (κ2) is 5.09. The van der Waals surface area contributed by atoms with Gasteiger partial charge in [-0.05, 0) is 0 Å². The number of hydrogen-bond donors (Lipinski definition) is 1. The topological polar surface area (TPSA) is 75.6 Å². The predicted molar refractivity (Wildman–Crippen MR) is 29.1 cm³/mol. The van der Waals surface area contributed by atoms with Gasteiger partial charge in [-0.3, -0.25) is 0 Å². The molecule has 4 nitrogen and oxygen atoms in total. The summed E-state index contributed by atoms with van der Waals surface area (Å²) in [6.45, 7) is 1.71. The van der Waals surface area contributed by atoms with Gasteiger partial charge >= 0.3 is 0 Å². The minimum absolute atomic E-state index is 0.0524. The summed E-state index contributed by atoms with van der Waals surface area (Å²) in [7, 11) is -2.75. The van der Waals surface area contributed by atoms with Crippen molar-refractivity contribution >= 4 is 8.60 Å². The molecule has 0 amide bonds. The van der Waals surface area contributed by atoms with Gasteiger partial charge in [0.2, 0.25) is 0 Å². The summed E-state index contributed by atoms with van der Waals surface area (Å²) in [5, 5.41) is 8.37. The third-order valence-corrected chi connectivity index (χ3v) is 1.14. The molecule has 0 aliphatic heterocycles. The summed E-state index contributed by atoms with van der Waals surface area (Å²) in [6, 6.07) is 0. The van der Waals surface area contributed by atoms with Crippen molar-refractivity contribution in [3.63, 3.8) is 0 Å². The molecule has 0 saturated carbocycles. The van der Waals surface area contributed by atoms with E-state index < -0.39 is 8.60 Å². The van der Waals surface area contributed by atoms with Gasteiger partial charge in [-0.1, -0.05) is 6.92 Å². The molecular formula is C4H9O4P-2. The second-order valence-corrected chi connectivity index (χ2v) is 2.51. The van der Waals surface area contributed by atoms with Crippen molar-refractivity contribution in [1.82, 2.24) is 0 Å². The van der Waals surface area contributed by atoms with E-state index in [1.165, 1.54) is 0 Å². The molecule has 0 aromatic carbocycles. The molecule has 0 aliphatic carbocycles. The normalized spacial score (nSPS) is 14.3. The van der Waals surface area contributed by atoms with Crippen LogP contribution in [0.1, 0.15) is 6.92 Å². The number of rotatable bonds is 4. The van der Waals surface area contributed by atoms with Crippen LogP contribution in [-0.2, 0) is 4.52 Å². The zero-order chi connectivity index (χ0) is 7.28. The van der Waals surface area contributed by atoms with Crippen molar-refractivity contribution in [2.75, 3.05) is 13.2 Å². The SMILES string of the molecule is CC(CO)COP([O-])[O-]. The Hall–Kier alpha value is 0.270. The van der Waals surface area contributed by atoms with Crippen molar-refractivity contribution in [2.24, 2.45) is 5.92 Å². The standard InChI is InChI=1S/C4H9O4P/c1-4(2-5)3-8-9(6)7/h4-5H,2-3H2,1H3/q-2. The summed E-state index contributed by atoms with van der Waals surface area (Å²) in [4.78, 5) is 19.5. The third-order valence-electron chi connectivity index (χ3n) is 0.776. The molecule has 0 fully saturated rings. The van der Waals surface area contributed by atoms with Crippen LogP contribution < -0.4 is 9.79 Å². The van der Waals surface area contributed by atoms with Gasteiger partial charge in [-0.2, -0.15) is 8.60 Å². The van der Waals surface area contributed by atoms with Gasteiger partial charge < -0.3 is 19.4 Å². The van der Waals surface area contributed by atoms with Gasteiger partial charge in [0.25, 0.3) is 0 Å². The Kier molecular flexibility index (Phi) is 5.24. The molecule has 0 heterocycles. The van der Waals surface area contributed by atoms with Gasteiger partial charge in [0.05, 0.1) is 6.61 Å². The van der Waals surface area contributed by atoms with Gasteiger partial charge in [0.1, 0.15) is 0 Å². The van der Waals surface area contributed by atoms with Gasteiger partial charge in [-0.15, -0.1) is 0 Å². The van der Waals surface area contributed by atoms with Crippen molar-refractivity contribution in [1.29, 1.82) is 0 Å². The number of aliphatic hydroxyl groups excluding tert-OH is 1. The lowest BCUT2D eigenvalue weighted by molar-refractivity contribution is -0.318. The quantitative estimate of drug-likeness (QED) is 0.501. The molecule has 0 spiro atoms. The van der Waals surface area contributed by atoms with E-state index in [0.717, 1.165) is 0 Å². The lowest BCUT2D eigenvalue weighted by Gasteiger charge is -2.30.